The Morgan fingerprint density at radius 1 is 1.07 bits per heavy atom. The number of methoxy groups -OCH3 is 1. The molecule has 4 aromatic rings. The number of carbonyl (C=O) groups excluding carboxylic acids is 1. The summed E-state index contributed by atoms with van der Waals surface area (Å²) in [7, 11) is 1.37. The minimum absolute atomic E-state index is 0.366. The first-order valence-electron chi connectivity index (χ1n) is 8.69. The number of ether oxygens (including phenoxy) is 2. The molecule has 3 aromatic carbocycles. The quantitative estimate of drug-likeness (QED) is 0.465. The number of aromatic nitrogens is 2. The number of nitrogens with one attached hydrogen (secondary N) is 1. The molecule has 1 N–H and O–H groups in total. The van der Waals surface area contributed by atoms with Crippen LogP contribution in [0.5, 0.6) is 11.5 Å². The van der Waals surface area contributed by atoms with Gasteiger partial charge in [-0.15, -0.1) is 0 Å². The molecule has 5 nitrogen and oxygen atoms in total. The van der Waals surface area contributed by atoms with Crippen molar-refractivity contribution in [2.75, 3.05) is 7.11 Å². The third-order valence-corrected chi connectivity index (χ3v) is 4.85. The van der Waals surface area contributed by atoms with E-state index in [9.17, 15) is 4.79 Å². The van der Waals surface area contributed by atoms with Crippen LogP contribution in [0.15, 0.2) is 60.7 Å². The Morgan fingerprint density at radius 3 is 2.81 bits per heavy atom. The SMILES string of the molecule is COC(=O)c1ccc2nc(-c3cccc4c3Cc3ccccc3O4)[nH]c2c1. The largest absolute Gasteiger partial charge is 0.465 e. The summed E-state index contributed by atoms with van der Waals surface area (Å²) in [5.41, 5.74) is 5.34. The molecule has 5 rings (SSSR count). The Morgan fingerprint density at radius 2 is 1.93 bits per heavy atom. The molecule has 5 heteroatoms. The van der Waals surface area contributed by atoms with Crippen molar-refractivity contribution in [3.8, 4) is 22.9 Å². The van der Waals surface area contributed by atoms with Crippen molar-refractivity contribution in [1.29, 1.82) is 0 Å². The van der Waals surface area contributed by atoms with Crippen LogP contribution in [0.25, 0.3) is 22.4 Å². The van der Waals surface area contributed by atoms with E-state index >= 15 is 0 Å². The Labute approximate surface area is 155 Å². The van der Waals surface area contributed by atoms with Gasteiger partial charge in [0.1, 0.15) is 17.3 Å². The maximum absolute atomic E-state index is 11.8. The molecule has 1 aliphatic rings. The Kier molecular flexibility index (Phi) is 3.47. The second-order valence-corrected chi connectivity index (χ2v) is 6.48. The fourth-order valence-corrected chi connectivity index (χ4v) is 3.51. The van der Waals surface area contributed by atoms with Crippen LogP contribution < -0.4 is 4.74 Å². The highest BCUT2D eigenvalue weighted by atomic mass is 16.5. The van der Waals surface area contributed by atoms with E-state index in [1.54, 1.807) is 12.1 Å². The second-order valence-electron chi connectivity index (χ2n) is 6.48. The Balaban J connectivity index is 1.61. The van der Waals surface area contributed by atoms with E-state index in [0.29, 0.717) is 5.56 Å². The number of hydrogen-bond donors (Lipinski definition) is 1. The first-order chi connectivity index (χ1) is 13.2. The third-order valence-electron chi connectivity index (χ3n) is 4.85. The number of rotatable bonds is 2. The van der Waals surface area contributed by atoms with E-state index < -0.39 is 0 Å². The number of hydrogen-bond acceptors (Lipinski definition) is 4. The number of esters is 1. The normalized spacial score (nSPS) is 12.2. The smallest absolute Gasteiger partial charge is 0.337 e. The van der Waals surface area contributed by atoms with Crippen molar-refractivity contribution in [2.24, 2.45) is 0 Å². The summed E-state index contributed by atoms with van der Waals surface area (Å²) in [6.07, 6.45) is 0.784. The minimum atomic E-state index is -0.366. The molecule has 0 aliphatic carbocycles. The van der Waals surface area contributed by atoms with Crippen LogP contribution in [-0.4, -0.2) is 23.0 Å². The molecule has 0 saturated heterocycles. The standard InChI is InChI=1S/C22H16N2O3/c1-26-22(25)14-9-10-17-18(12-14)24-21(23-17)15-6-4-8-20-16(15)11-13-5-2-3-7-19(13)27-20/h2-10,12H,11H2,1H3,(H,23,24). The molecular formula is C22H16N2O3. The van der Waals surface area contributed by atoms with Gasteiger partial charge in [-0.3, -0.25) is 0 Å². The molecule has 0 unspecified atom stereocenters. The lowest BCUT2D eigenvalue weighted by molar-refractivity contribution is 0.0601. The van der Waals surface area contributed by atoms with Gasteiger partial charge in [0.15, 0.2) is 0 Å². The molecule has 0 bridgehead atoms. The third kappa shape index (κ3) is 2.56. The molecule has 132 valence electrons. The number of benzene rings is 3. The molecule has 0 spiro atoms. The van der Waals surface area contributed by atoms with Crippen LogP contribution in [-0.2, 0) is 11.2 Å². The van der Waals surface area contributed by atoms with Gasteiger partial charge in [-0.25, -0.2) is 9.78 Å². The van der Waals surface area contributed by atoms with Gasteiger partial charge in [-0.1, -0.05) is 30.3 Å². The predicted octanol–water partition coefficient (Wildman–Crippen LogP) is 4.71. The van der Waals surface area contributed by atoms with E-state index in [1.165, 1.54) is 7.11 Å². The zero-order valence-corrected chi connectivity index (χ0v) is 14.7. The van der Waals surface area contributed by atoms with Gasteiger partial charge in [0.05, 0.1) is 23.7 Å². The van der Waals surface area contributed by atoms with Gasteiger partial charge in [0.25, 0.3) is 0 Å². The number of fused-ring (bicyclic) bond motifs is 3. The molecule has 27 heavy (non-hydrogen) atoms. The summed E-state index contributed by atoms with van der Waals surface area (Å²) in [4.78, 5) is 19.8. The van der Waals surface area contributed by atoms with Gasteiger partial charge in [-0.2, -0.15) is 0 Å². The number of para-hydroxylation sites is 1. The first-order valence-corrected chi connectivity index (χ1v) is 8.69. The van der Waals surface area contributed by atoms with Gasteiger partial charge >= 0.3 is 5.97 Å². The van der Waals surface area contributed by atoms with Crippen molar-refractivity contribution >= 4 is 17.0 Å². The zero-order chi connectivity index (χ0) is 18.4. The van der Waals surface area contributed by atoms with E-state index in [1.807, 2.05) is 42.5 Å². The fraction of sp³-hybridized carbons (Fsp3) is 0.0909. The van der Waals surface area contributed by atoms with Crippen molar-refractivity contribution in [2.45, 2.75) is 6.42 Å². The van der Waals surface area contributed by atoms with Crippen LogP contribution in [0.1, 0.15) is 21.5 Å². The van der Waals surface area contributed by atoms with Crippen molar-refractivity contribution in [3.63, 3.8) is 0 Å². The summed E-state index contributed by atoms with van der Waals surface area (Å²) >= 11 is 0. The number of nitrogens with zero attached hydrogens (tertiary/aromatic N) is 1. The topological polar surface area (TPSA) is 64.2 Å². The number of imidazole rings is 1. The van der Waals surface area contributed by atoms with E-state index in [2.05, 4.69) is 11.1 Å². The van der Waals surface area contributed by atoms with Gasteiger partial charge < -0.3 is 14.5 Å². The average Bonchev–Trinajstić information content (AvgIpc) is 3.14. The van der Waals surface area contributed by atoms with Crippen LogP contribution >= 0.6 is 0 Å². The van der Waals surface area contributed by atoms with E-state index in [-0.39, 0.29) is 5.97 Å². The Bertz CT molecular complexity index is 1190. The fourth-order valence-electron chi connectivity index (χ4n) is 3.51. The average molecular weight is 356 g/mol. The molecule has 0 fully saturated rings. The highest BCUT2D eigenvalue weighted by molar-refractivity contribution is 5.94. The number of carbonyl (C=O) groups is 1. The van der Waals surface area contributed by atoms with Crippen molar-refractivity contribution in [1.82, 2.24) is 9.97 Å². The van der Waals surface area contributed by atoms with Crippen LogP contribution in [0.3, 0.4) is 0 Å². The summed E-state index contributed by atoms with van der Waals surface area (Å²) in [6, 6.07) is 19.4. The molecule has 1 aliphatic heterocycles. The van der Waals surface area contributed by atoms with Crippen LogP contribution in [0.4, 0.5) is 0 Å². The van der Waals surface area contributed by atoms with Crippen molar-refractivity contribution in [3.05, 3.63) is 77.4 Å². The molecule has 1 aromatic heterocycles. The molecule has 0 amide bonds. The maximum Gasteiger partial charge on any atom is 0.337 e. The maximum atomic E-state index is 11.8. The van der Waals surface area contributed by atoms with Gasteiger partial charge in [-0.05, 0) is 35.9 Å². The highest BCUT2D eigenvalue weighted by Gasteiger charge is 2.21. The summed E-state index contributed by atoms with van der Waals surface area (Å²) in [5.74, 6) is 2.14. The molecular weight excluding hydrogens is 340 g/mol. The lowest BCUT2D eigenvalue weighted by Crippen LogP contribution is -2.04. The lowest BCUT2D eigenvalue weighted by atomic mass is 9.95. The van der Waals surface area contributed by atoms with Crippen LogP contribution in [0, 0.1) is 0 Å². The van der Waals surface area contributed by atoms with Crippen LogP contribution in [0.2, 0.25) is 0 Å². The van der Waals surface area contributed by atoms with Gasteiger partial charge in [0.2, 0.25) is 0 Å². The summed E-state index contributed by atoms with van der Waals surface area (Å²) in [6.45, 7) is 0. The monoisotopic (exact) mass is 356 g/mol. The summed E-state index contributed by atoms with van der Waals surface area (Å²) in [5, 5.41) is 0. The number of H-pyrrole nitrogens is 1. The predicted molar refractivity (Wildman–Crippen MR) is 102 cm³/mol. The van der Waals surface area contributed by atoms with Crippen molar-refractivity contribution < 1.29 is 14.3 Å². The first kappa shape index (κ1) is 15.6. The second kappa shape index (κ2) is 5.99. The molecule has 0 saturated carbocycles. The lowest BCUT2D eigenvalue weighted by Gasteiger charge is -2.21. The molecule has 2 heterocycles. The van der Waals surface area contributed by atoms with E-state index in [0.717, 1.165) is 51.5 Å². The Hall–Kier alpha value is -3.60. The molecule has 0 atom stereocenters. The van der Waals surface area contributed by atoms with Gasteiger partial charge in [0, 0.05) is 17.5 Å². The molecule has 0 radical (unpaired) electrons. The minimum Gasteiger partial charge on any atom is -0.465 e. The summed E-state index contributed by atoms with van der Waals surface area (Å²) < 4.78 is 10.9. The van der Waals surface area contributed by atoms with E-state index in [4.69, 9.17) is 14.5 Å². The zero-order valence-electron chi connectivity index (χ0n) is 14.7. The number of aromatic amines is 1. The highest BCUT2D eigenvalue weighted by Crippen LogP contribution is 2.40.